The molecule has 0 aliphatic heterocycles. The molecule has 0 unspecified atom stereocenters. The summed E-state index contributed by atoms with van der Waals surface area (Å²) in [5, 5.41) is 12.1. The molecule has 1 aromatic rings. The summed E-state index contributed by atoms with van der Waals surface area (Å²) in [5.74, 6) is 1.17. The van der Waals surface area contributed by atoms with Crippen molar-refractivity contribution in [1.82, 2.24) is 25.8 Å². The largest absolute Gasteiger partial charge is 0.338 e. The fraction of sp³-hybridized carbons (Fsp3) is 0.600. The van der Waals surface area contributed by atoms with Crippen molar-refractivity contribution in [2.45, 2.75) is 30.8 Å². The third-order valence-corrected chi connectivity index (χ3v) is 3.22. The van der Waals surface area contributed by atoms with Gasteiger partial charge in [-0.25, -0.2) is 9.78 Å². The highest BCUT2D eigenvalue weighted by atomic mass is 32.2. The van der Waals surface area contributed by atoms with E-state index in [2.05, 4.69) is 25.8 Å². The van der Waals surface area contributed by atoms with Crippen molar-refractivity contribution in [3.05, 3.63) is 5.82 Å². The summed E-state index contributed by atoms with van der Waals surface area (Å²) in [4.78, 5) is 26.7. The molecule has 3 amide bonds. The Hall–Kier alpha value is -1.57. The van der Waals surface area contributed by atoms with Crippen molar-refractivity contribution in [2.24, 2.45) is 0 Å². The van der Waals surface area contributed by atoms with Gasteiger partial charge in [-0.05, 0) is 19.8 Å². The van der Waals surface area contributed by atoms with Gasteiger partial charge in [-0.15, -0.1) is 5.10 Å². The SMILES string of the molecule is CCNC(=O)NC(=O)CSc1n[nH]c(C2CC2)n1. The fourth-order valence-corrected chi connectivity index (χ4v) is 1.97. The first-order valence-corrected chi connectivity index (χ1v) is 6.80. The summed E-state index contributed by atoms with van der Waals surface area (Å²) in [6.45, 7) is 2.27. The van der Waals surface area contributed by atoms with E-state index < -0.39 is 6.03 Å². The number of nitrogens with one attached hydrogen (secondary N) is 3. The highest BCUT2D eigenvalue weighted by molar-refractivity contribution is 7.99. The second-order valence-corrected chi connectivity index (χ2v) is 4.92. The summed E-state index contributed by atoms with van der Waals surface area (Å²) < 4.78 is 0. The number of imide groups is 1. The highest BCUT2D eigenvalue weighted by Crippen LogP contribution is 2.38. The zero-order valence-electron chi connectivity index (χ0n) is 10.0. The molecule has 1 aliphatic carbocycles. The van der Waals surface area contributed by atoms with Gasteiger partial charge in [0.25, 0.3) is 0 Å². The Morgan fingerprint density at radius 1 is 1.50 bits per heavy atom. The number of urea groups is 1. The lowest BCUT2D eigenvalue weighted by Crippen LogP contribution is -2.40. The Labute approximate surface area is 109 Å². The lowest BCUT2D eigenvalue weighted by atomic mass is 10.4. The molecule has 2 rings (SSSR count). The molecule has 0 atom stereocenters. The number of aromatic nitrogens is 3. The summed E-state index contributed by atoms with van der Waals surface area (Å²) in [7, 11) is 0. The third kappa shape index (κ3) is 3.73. The van der Waals surface area contributed by atoms with E-state index in [0.717, 1.165) is 18.7 Å². The fourth-order valence-electron chi connectivity index (χ4n) is 1.36. The summed E-state index contributed by atoms with van der Waals surface area (Å²) in [6.07, 6.45) is 2.30. The number of nitrogens with zero attached hydrogens (tertiary/aromatic N) is 2. The molecule has 0 saturated heterocycles. The second-order valence-electron chi connectivity index (χ2n) is 3.97. The van der Waals surface area contributed by atoms with Crippen LogP contribution in [0, 0.1) is 0 Å². The molecule has 0 bridgehead atoms. The molecule has 1 aromatic heterocycles. The van der Waals surface area contributed by atoms with Crippen LogP contribution >= 0.6 is 11.8 Å². The Balaban J connectivity index is 1.72. The summed E-state index contributed by atoms with van der Waals surface area (Å²) in [6, 6.07) is -0.475. The van der Waals surface area contributed by atoms with Crippen LogP contribution in [-0.2, 0) is 4.79 Å². The molecule has 1 aliphatic rings. The number of H-pyrrole nitrogens is 1. The van der Waals surface area contributed by atoms with Crippen LogP contribution in [0.4, 0.5) is 4.79 Å². The molecule has 3 N–H and O–H groups in total. The van der Waals surface area contributed by atoms with Crippen LogP contribution in [0.5, 0.6) is 0 Å². The Morgan fingerprint density at radius 2 is 2.28 bits per heavy atom. The van der Waals surface area contributed by atoms with Crippen molar-refractivity contribution >= 4 is 23.7 Å². The zero-order valence-corrected chi connectivity index (χ0v) is 10.8. The van der Waals surface area contributed by atoms with Gasteiger partial charge < -0.3 is 5.32 Å². The van der Waals surface area contributed by atoms with E-state index in [1.807, 2.05) is 0 Å². The number of rotatable bonds is 5. The molecule has 1 heterocycles. The molecule has 1 fully saturated rings. The maximum absolute atomic E-state index is 11.4. The van der Waals surface area contributed by atoms with Crippen LogP contribution in [0.3, 0.4) is 0 Å². The van der Waals surface area contributed by atoms with Crippen LogP contribution in [0.25, 0.3) is 0 Å². The molecule has 18 heavy (non-hydrogen) atoms. The van der Waals surface area contributed by atoms with Gasteiger partial charge in [0, 0.05) is 12.5 Å². The first-order valence-electron chi connectivity index (χ1n) is 5.81. The molecule has 0 radical (unpaired) electrons. The molecular formula is C10H15N5O2S. The van der Waals surface area contributed by atoms with E-state index >= 15 is 0 Å². The van der Waals surface area contributed by atoms with Gasteiger partial charge in [-0.3, -0.25) is 15.2 Å². The Morgan fingerprint density at radius 3 is 2.94 bits per heavy atom. The van der Waals surface area contributed by atoms with Crippen molar-refractivity contribution in [1.29, 1.82) is 0 Å². The monoisotopic (exact) mass is 269 g/mol. The lowest BCUT2D eigenvalue weighted by Gasteiger charge is -2.02. The smallest absolute Gasteiger partial charge is 0.321 e. The standard InChI is InChI=1S/C10H15N5O2S/c1-2-11-9(17)12-7(16)5-18-10-13-8(14-15-10)6-3-4-6/h6H,2-5H2,1H3,(H,13,14,15)(H2,11,12,16,17). The van der Waals surface area contributed by atoms with Crippen molar-refractivity contribution in [3.8, 4) is 0 Å². The Bertz CT molecular complexity index is 443. The van der Waals surface area contributed by atoms with E-state index in [4.69, 9.17) is 0 Å². The maximum Gasteiger partial charge on any atom is 0.321 e. The van der Waals surface area contributed by atoms with Gasteiger partial charge in [0.1, 0.15) is 5.82 Å². The molecule has 98 valence electrons. The zero-order chi connectivity index (χ0) is 13.0. The third-order valence-electron chi connectivity index (χ3n) is 2.37. The minimum absolute atomic E-state index is 0.124. The van der Waals surface area contributed by atoms with E-state index in [1.54, 1.807) is 6.92 Å². The predicted molar refractivity (Wildman–Crippen MR) is 66.3 cm³/mol. The second kappa shape index (κ2) is 5.85. The number of carbonyl (C=O) groups is 2. The molecule has 7 nitrogen and oxygen atoms in total. The average molecular weight is 269 g/mol. The lowest BCUT2D eigenvalue weighted by molar-refractivity contribution is -0.117. The minimum atomic E-state index is -0.475. The summed E-state index contributed by atoms with van der Waals surface area (Å²) in [5.41, 5.74) is 0. The quantitative estimate of drug-likeness (QED) is 0.680. The van der Waals surface area contributed by atoms with Crippen LogP contribution in [0.15, 0.2) is 5.16 Å². The topological polar surface area (TPSA) is 99.8 Å². The number of hydrogen-bond donors (Lipinski definition) is 3. The number of carbonyl (C=O) groups excluding carboxylic acids is 2. The van der Waals surface area contributed by atoms with E-state index in [-0.39, 0.29) is 11.7 Å². The first kappa shape index (κ1) is 12.9. The van der Waals surface area contributed by atoms with E-state index in [0.29, 0.717) is 17.6 Å². The minimum Gasteiger partial charge on any atom is -0.338 e. The summed E-state index contributed by atoms with van der Waals surface area (Å²) >= 11 is 1.21. The highest BCUT2D eigenvalue weighted by Gasteiger charge is 2.27. The van der Waals surface area contributed by atoms with E-state index in [1.165, 1.54) is 11.8 Å². The molecule has 0 aromatic carbocycles. The number of aromatic amines is 1. The van der Waals surface area contributed by atoms with Gasteiger partial charge in [0.05, 0.1) is 5.75 Å². The van der Waals surface area contributed by atoms with Gasteiger partial charge in [0.2, 0.25) is 11.1 Å². The van der Waals surface area contributed by atoms with Crippen molar-refractivity contribution < 1.29 is 9.59 Å². The maximum atomic E-state index is 11.4. The normalized spacial score (nSPS) is 14.3. The van der Waals surface area contributed by atoms with Crippen LogP contribution in [0.2, 0.25) is 0 Å². The number of amides is 3. The van der Waals surface area contributed by atoms with Gasteiger partial charge >= 0.3 is 6.03 Å². The van der Waals surface area contributed by atoms with Crippen LogP contribution in [-0.4, -0.2) is 39.4 Å². The van der Waals surface area contributed by atoms with Gasteiger partial charge in [-0.1, -0.05) is 11.8 Å². The number of thioether (sulfide) groups is 1. The molecule has 0 spiro atoms. The van der Waals surface area contributed by atoms with Gasteiger partial charge in [-0.2, -0.15) is 0 Å². The predicted octanol–water partition coefficient (Wildman–Crippen LogP) is 0.620. The van der Waals surface area contributed by atoms with Crippen molar-refractivity contribution in [3.63, 3.8) is 0 Å². The average Bonchev–Trinajstić information content (AvgIpc) is 3.06. The van der Waals surface area contributed by atoms with Gasteiger partial charge in [0.15, 0.2) is 0 Å². The first-order chi connectivity index (χ1) is 8.69. The van der Waals surface area contributed by atoms with Crippen molar-refractivity contribution in [2.75, 3.05) is 12.3 Å². The Kier molecular flexibility index (Phi) is 4.19. The van der Waals surface area contributed by atoms with Crippen LogP contribution < -0.4 is 10.6 Å². The van der Waals surface area contributed by atoms with Crippen LogP contribution in [0.1, 0.15) is 31.5 Å². The van der Waals surface area contributed by atoms with E-state index in [9.17, 15) is 9.59 Å². The molecule has 8 heteroatoms. The number of hydrogen-bond acceptors (Lipinski definition) is 5. The molecular weight excluding hydrogens is 254 g/mol. The molecule has 1 saturated carbocycles.